The lowest BCUT2D eigenvalue weighted by Crippen LogP contribution is -2.10. The fraction of sp³-hybridized carbons (Fsp3) is 0.133. The van der Waals surface area contributed by atoms with Crippen molar-refractivity contribution in [2.75, 3.05) is 0 Å². The van der Waals surface area contributed by atoms with Gasteiger partial charge in [-0.1, -0.05) is 35.5 Å². The number of benzene rings is 1. The van der Waals surface area contributed by atoms with Gasteiger partial charge in [0.15, 0.2) is 0 Å². The van der Waals surface area contributed by atoms with Crippen molar-refractivity contribution in [3.8, 4) is 11.1 Å². The first kappa shape index (κ1) is 12.1. The SMILES string of the molecule is c1ccc(-c2csc(CNCc3ccno3)c2)cc1. The maximum absolute atomic E-state index is 5.04. The number of hydrogen-bond acceptors (Lipinski definition) is 4. The molecule has 0 bridgehead atoms. The van der Waals surface area contributed by atoms with Crippen LogP contribution in [-0.4, -0.2) is 5.16 Å². The zero-order chi connectivity index (χ0) is 12.9. The normalized spacial score (nSPS) is 10.7. The first-order valence-electron chi connectivity index (χ1n) is 6.15. The Hall–Kier alpha value is -1.91. The summed E-state index contributed by atoms with van der Waals surface area (Å²) in [6.45, 7) is 1.55. The summed E-state index contributed by atoms with van der Waals surface area (Å²) in [5.74, 6) is 0.861. The highest BCUT2D eigenvalue weighted by Crippen LogP contribution is 2.25. The molecule has 0 aliphatic carbocycles. The van der Waals surface area contributed by atoms with Gasteiger partial charge in [0.1, 0.15) is 5.76 Å². The molecule has 0 radical (unpaired) electrons. The van der Waals surface area contributed by atoms with Crippen LogP contribution in [0.15, 0.2) is 58.6 Å². The van der Waals surface area contributed by atoms with Gasteiger partial charge in [0.2, 0.25) is 0 Å². The van der Waals surface area contributed by atoms with Crippen LogP contribution in [0.2, 0.25) is 0 Å². The van der Waals surface area contributed by atoms with Gasteiger partial charge in [-0.15, -0.1) is 11.3 Å². The summed E-state index contributed by atoms with van der Waals surface area (Å²) >= 11 is 1.77. The minimum atomic E-state index is 0.707. The van der Waals surface area contributed by atoms with E-state index >= 15 is 0 Å². The Bertz CT molecular complexity index is 617. The van der Waals surface area contributed by atoms with E-state index in [1.54, 1.807) is 17.5 Å². The van der Waals surface area contributed by atoms with Crippen LogP contribution in [0.4, 0.5) is 0 Å². The van der Waals surface area contributed by atoms with Crippen molar-refractivity contribution in [1.29, 1.82) is 0 Å². The van der Waals surface area contributed by atoms with E-state index in [1.807, 2.05) is 12.1 Å². The fourth-order valence-corrected chi connectivity index (χ4v) is 2.76. The molecule has 2 heterocycles. The Labute approximate surface area is 115 Å². The largest absolute Gasteiger partial charge is 0.360 e. The molecule has 1 N–H and O–H groups in total. The molecule has 4 heteroatoms. The van der Waals surface area contributed by atoms with Crippen LogP contribution in [0.5, 0.6) is 0 Å². The van der Waals surface area contributed by atoms with Gasteiger partial charge in [0.25, 0.3) is 0 Å². The summed E-state index contributed by atoms with van der Waals surface area (Å²) in [6.07, 6.45) is 1.66. The summed E-state index contributed by atoms with van der Waals surface area (Å²) in [5, 5.41) is 9.22. The number of nitrogens with one attached hydrogen (secondary N) is 1. The van der Waals surface area contributed by atoms with Gasteiger partial charge in [0.05, 0.1) is 12.7 Å². The molecule has 0 saturated carbocycles. The van der Waals surface area contributed by atoms with Gasteiger partial charge in [0, 0.05) is 17.5 Å². The second-order valence-corrected chi connectivity index (χ2v) is 5.25. The molecule has 0 atom stereocenters. The second-order valence-electron chi connectivity index (χ2n) is 4.25. The maximum Gasteiger partial charge on any atom is 0.150 e. The standard InChI is InChI=1S/C15H14N2OS/c1-2-4-12(5-3-1)13-8-15(19-11-13)10-16-9-14-6-7-17-18-14/h1-8,11,16H,9-10H2. The molecule has 0 amide bonds. The molecule has 0 fully saturated rings. The third-order valence-corrected chi connectivity index (χ3v) is 3.79. The van der Waals surface area contributed by atoms with Gasteiger partial charge in [-0.05, 0) is 22.6 Å². The van der Waals surface area contributed by atoms with Crippen molar-refractivity contribution in [2.24, 2.45) is 0 Å². The molecule has 0 aliphatic rings. The second kappa shape index (κ2) is 5.82. The predicted molar refractivity (Wildman–Crippen MR) is 76.8 cm³/mol. The molecule has 19 heavy (non-hydrogen) atoms. The lowest BCUT2D eigenvalue weighted by Gasteiger charge is -1.99. The van der Waals surface area contributed by atoms with Gasteiger partial charge >= 0.3 is 0 Å². The van der Waals surface area contributed by atoms with Crippen LogP contribution in [0.25, 0.3) is 11.1 Å². The summed E-state index contributed by atoms with van der Waals surface area (Å²) in [4.78, 5) is 1.32. The lowest BCUT2D eigenvalue weighted by atomic mass is 10.1. The predicted octanol–water partition coefficient (Wildman–Crippen LogP) is 3.69. The maximum atomic E-state index is 5.04. The topological polar surface area (TPSA) is 38.1 Å². The van der Waals surface area contributed by atoms with Crippen LogP contribution in [-0.2, 0) is 13.1 Å². The first-order chi connectivity index (χ1) is 9.42. The molecule has 0 aliphatic heterocycles. The van der Waals surface area contributed by atoms with Crippen LogP contribution >= 0.6 is 11.3 Å². The minimum Gasteiger partial charge on any atom is -0.360 e. The van der Waals surface area contributed by atoms with Crippen LogP contribution < -0.4 is 5.32 Å². The van der Waals surface area contributed by atoms with E-state index in [4.69, 9.17) is 4.52 Å². The highest BCUT2D eigenvalue weighted by Gasteiger charge is 2.02. The van der Waals surface area contributed by atoms with Crippen molar-refractivity contribution in [1.82, 2.24) is 10.5 Å². The number of nitrogens with zero attached hydrogens (tertiary/aromatic N) is 1. The molecule has 3 nitrogen and oxygen atoms in total. The van der Waals surface area contributed by atoms with Gasteiger partial charge in [-0.3, -0.25) is 0 Å². The van der Waals surface area contributed by atoms with E-state index in [1.165, 1.54) is 16.0 Å². The number of hydrogen-bond donors (Lipinski definition) is 1. The molecular formula is C15H14N2OS. The van der Waals surface area contributed by atoms with Crippen molar-refractivity contribution in [2.45, 2.75) is 13.1 Å². The Balaban J connectivity index is 1.59. The molecule has 1 aromatic carbocycles. The van der Waals surface area contributed by atoms with Gasteiger partial charge in [-0.2, -0.15) is 0 Å². The zero-order valence-electron chi connectivity index (χ0n) is 10.4. The van der Waals surface area contributed by atoms with Crippen molar-refractivity contribution < 1.29 is 4.52 Å². The Morgan fingerprint density at radius 3 is 2.74 bits per heavy atom. The average molecular weight is 270 g/mol. The molecule has 2 aromatic heterocycles. The summed E-state index contributed by atoms with van der Waals surface area (Å²) in [6, 6.07) is 14.5. The summed E-state index contributed by atoms with van der Waals surface area (Å²) in [5.41, 5.74) is 2.54. The quantitative estimate of drug-likeness (QED) is 0.768. The third kappa shape index (κ3) is 3.10. The Kier molecular flexibility index (Phi) is 3.72. The fourth-order valence-electron chi connectivity index (χ4n) is 1.90. The lowest BCUT2D eigenvalue weighted by molar-refractivity contribution is 0.373. The van der Waals surface area contributed by atoms with Crippen molar-refractivity contribution in [3.05, 3.63) is 64.7 Å². The summed E-state index contributed by atoms with van der Waals surface area (Å²) in [7, 11) is 0. The number of aromatic nitrogens is 1. The van der Waals surface area contributed by atoms with E-state index in [9.17, 15) is 0 Å². The molecule has 0 spiro atoms. The van der Waals surface area contributed by atoms with Crippen LogP contribution in [0, 0.1) is 0 Å². The first-order valence-corrected chi connectivity index (χ1v) is 7.03. The smallest absolute Gasteiger partial charge is 0.150 e. The van der Waals surface area contributed by atoms with Crippen LogP contribution in [0.1, 0.15) is 10.6 Å². The van der Waals surface area contributed by atoms with Crippen LogP contribution in [0.3, 0.4) is 0 Å². The average Bonchev–Trinajstić information content (AvgIpc) is 3.11. The van der Waals surface area contributed by atoms with E-state index in [0.29, 0.717) is 6.54 Å². The Morgan fingerprint density at radius 2 is 1.95 bits per heavy atom. The molecule has 3 aromatic rings. The summed E-state index contributed by atoms with van der Waals surface area (Å²) < 4.78 is 5.04. The number of rotatable bonds is 5. The zero-order valence-corrected chi connectivity index (χ0v) is 11.2. The molecular weight excluding hydrogens is 256 g/mol. The van der Waals surface area contributed by atoms with E-state index in [0.717, 1.165) is 12.3 Å². The monoisotopic (exact) mass is 270 g/mol. The van der Waals surface area contributed by atoms with E-state index < -0.39 is 0 Å². The minimum absolute atomic E-state index is 0.707. The highest BCUT2D eigenvalue weighted by molar-refractivity contribution is 7.10. The van der Waals surface area contributed by atoms with E-state index in [2.05, 4.69) is 46.2 Å². The van der Waals surface area contributed by atoms with Crippen molar-refractivity contribution >= 4 is 11.3 Å². The molecule has 3 rings (SSSR count). The highest BCUT2D eigenvalue weighted by atomic mass is 32.1. The Morgan fingerprint density at radius 1 is 1.05 bits per heavy atom. The van der Waals surface area contributed by atoms with Crippen molar-refractivity contribution in [3.63, 3.8) is 0 Å². The molecule has 0 saturated heterocycles. The van der Waals surface area contributed by atoms with E-state index in [-0.39, 0.29) is 0 Å². The van der Waals surface area contributed by atoms with Gasteiger partial charge < -0.3 is 9.84 Å². The molecule has 0 unspecified atom stereocenters. The van der Waals surface area contributed by atoms with Gasteiger partial charge in [-0.25, -0.2) is 0 Å². The third-order valence-electron chi connectivity index (χ3n) is 2.85. The molecule has 96 valence electrons. The number of thiophene rings is 1.